The van der Waals surface area contributed by atoms with Crippen molar-refractivity contribution in [3.8, 4) is 0 Å². The number of esters is 4. The molecular weight excluding hydrogens is 1540 g/mol. The van der Waals surface area contributed by atoms with Crippen molar-refractivity contribution < 1.29 is 122 Å². The Morgan fingerprint density at radius 2 is 0.636 bits per heavy atom. The summed E-state index contributed by atoms with van der Waals surface area (Å²) in [6.07, 6.45) is 26.6. The van der Waals surface area contributed by atoms with Gasteiger partial charge in [-0.15, -0.1) is 0 Å². The van der Waals surface area contributed by atoms with Crippen LogP contribution in [0.2, 0.25) is 0 Å². The number of aliphatic hydroxyl groups excluding tert-OH is 9. The van der Waals surface area contributed by atoms with Crippen molar-refractivity contribution in [2.45, 2.75) is 530 Å². The minimum absolute atomic E-state index is 0.0194. The van der Waals surface area contributed by atoms with Gasteiger partial charge in [0.15, 0.2) is 24.8 Å². The predicted octanol–water partition coefficient (Wildman–Crippen LogP) is 18.0. The van der Waals surface area contributed by atoms with E-state index in [4.69, 9.17) is 46.9 Å². The molecule has 0 spiro atoms. The fraction of sp³-hybridized carbons (Fsp3) is 0.957. The molecule has 10 N–H and O–H groups in total. The van der Waals surface area contributed by atoms with E-state index in [0.29, 0.717) is 38.0 Å². The molecule has 3 aliphatic rings. The highest BCUT2D eigenvalue weighted by molar-refractivity contribution is 7.47. The predicted molar refractivity (Wildman–Crippen MR) is 458 cm³/mol. The Hall–Kier alpha value is -2.53. The van der Waals surface area contributed by atoms with Crippen LogP contribution in [0.1, 0.15) is 426 Å². The molecule has 19 atom stereocenters. The van der Waals surface area contributed by atoms with Gasteiger partial charge in [0.25, 0.3) is 0 Å². The lowest BCUT2D eigenvalue weighted by molar-refractivity contribution is -0.360. The third-order valence-electron chi connectivity index (χ3n) is 24.0. The quantitative estimate of drug-likeness (QED) is 0.0117. The third kappa shape index (κ3) is 50.6. The van der Waals surface area contributed by atoms with Crippen LogP contribution in [0.5, 0.6) is 0 Å². The highest BCUT2D eigenvalue weighted by atomic mass is 31.2. The van der Waals surface area contributed by atoms with Gasteiger partial charge in [-0.25, -0.2) is 4.57 Å². The normalized spacial score (nSPS) is 25.1. The van der Waals surface area contributed by atoms with Crippen LogP contribution >= 0.6 is 7.82 Å². The Morgan fingerprint density at radius 3 is 1.01 bits per heavy atom. The number of ether oxygens (including phenoxy) is 8. The first-order chi connectivity index (χ1) is 57.1. The van der Waals surface area contributed by atoms with Crippen LogP contribution in [0.15, 0.2) is 0 Å². The van der Waals surface area contributed by atoms with E-state index in [1.807, 2.05) is 0 Å². The number of hydrogen-bond acceptors (Lipinski definition) is 24. The molecule has 25 nitrogen and oxygen atoms in total. The molecule has 0 aromatic rings. The van der Waals surface area contributed by atoms with Gasteiger partial charge in [0.2, 0.25) is 0 Å². The largest absolute Gasteiger partial charge is 0.472 e. The molecule has 2 saturated heterocycles. The Balaban J connectivity index is 1.92. The number of phosphoric acid groups is 1. The van der Waals surface area contributed by atoms with Crippen LogP contribution < -0.4 is 0 Å². The van der Waals surface area contributed by atoms with E-state index in [1.165, 1.54) is 205 Å². The number of phosphoric ester groups is 1. The number of aliphatic hydroxyl groups is 9. The van der Waals surface area contributed by atoms with Gasteiger partial charge in [-0.3, -0.25) is 28.2 Å². The van der Waals surface area contributed by atoms with Crippen LogP contribution in [0.4, 0.5) is 0 Å². The lowest BCUT2D eigenvalue weighted by Crippen LogP contribution is -2.70. The van der Waals surface area contributed by atoms with Crippen LogP contribution in [0.25, 0.3) is 0 Å². The fourth-order valence-electron chi connectivity index (χ4n) is 16.3. The molecule has 696 valence electrons. The number of rotatable bonds is 78. The zero-order chi connectivity index (χ0) is 86.2. The Bertz CT molecular complexity index is 2470. The number of unbranched alkanes of at least 4 members (excludes halogenated alkanes) is 50. The minimum Gasteiger partial charge on any atom is -0.463 e. The van der Waals surface area contributed by atoms with Gasteiger partial charge in [-0.05, 0) is 31.6 Å². The Labute approximate surface area is 712 Å². The zero-order valence-corrected chi connectivity index (χ0v) is 75.3. The van der Waals surface area contributed by atoms with Crippen LogP contribution in [-0.4, -0.2) is 205 Å². The van der Waals surface area contributed by atoms with Gasteiger partial charge >= 0.3 is 31.7 Å². The summed E-state index contributed by atoms with van der Waals surface area (Å²) in [7, 11) is -5.81. The summed E-state index contributed by atoms with van der Waals surface area (Å²) in [5, 5.41) is 102. The van der Waals surface area contributed by atoms with Crippen LogP contribution in [0.3, 0.4) is 0 Å². The Kier molecular flexibility index (Phi) is 65.6. The molecule has 0 bridgehead atoms. The average molecular weight is 1710 g/mol. The standard InChI is InChI=1S/C92H173O25P/c1-6-10-14-18-22-25-28-31-33-36-39-41-44-51-57-63-75(94)108-68-72(111-77(96)65-59-54-48-47-50-56-62-71(5)61-55-49-21-17-13-9-4)69-110-118(106,107)117-90-88(115-91-85(104)81(100)79(98)73(67-93)112-91)84(103)83(102)87(114-78(97)66-60-53-46-43-40-37-34-32-29-26-23-19-15-11-7-2)89(90)116-92-86(105)82(101)80(99)74(113-92)70-109-76(95)64-58-52-45-42-38-35-30-27-24-20-16-12-8-3/h71-74,79-93,98-105H,6-70H2,1-5H3,(H,106,107). The molecule has 26 heteroatoms. The van der Waals surface area contributed by atoms with Gasteiger partial charge in [0, 0.05) is 25.7 Å². The molecule has 3 rings (SSSR count). The van der Waals surface area contributed by atoms with Crippen molar-refractivity contribution in [2.24, 2.45) is 5.92 Å². The maximum absolute atomic E-state index is 14.9. The summed E-state index contributed by atoms with van der Waals surface area (Å²) in [4.78, 5) is 66.6. The van der Waals surface area contributed by atoms with Crippen LogP contribution in [-0.2, 0) is 70.7 Å². The molecule has 3 fully saturated rings. The zero-order valence-electron chi connectivity index (χ0n) is 74.4. The molecule has 0 radical (unpaired) electrons. The summed E-state index contributed by atoms with van der Waals surface area (Å²) in [5.41, 5.74) is 0. The SMILES string of the molecule is CCCCCCCCCCCCCCCCCC(=O)OCC(COP(=O)(O)OC1C(OC2OC(CO)C(O)C(O)C2O)C(O)C(O)C(OC(=O)CCCCCCCCCCCCCCCCC)C1OC1OC(COC(=O)CCCCCCCCCCCCCCC)C(O)C(O)C1O)OC(=O)CCCCCCCCC(C)CCCCCCCC. The first-order valence-electron chi connectivity index (χ1n) is 48.2. The van der Waals surface area contributed by atoms with E-state index in [1.54, 1.807) is 0 Å². The summed E-state index contributed by atoms with van der Waals surface area (Å²) < 4.78 is 73.6. The van der Waals surface area contributed by atoms with Gasteiger partial charge in [0.1, 0.15) is 92.6 Å². The van der Waals surface area contributed by atoms with Crippen molar-refractivity contribution in [1.29, 1.82) is 0 Å². The maximum Gasteiger partial charge on any atom is 0.472 e. The van der Waals surface area contributed by atoms with Crippen molar-refractivity contribution in [3.63, 3.8) is 0 Å². The number of carbonyl (C=O) groups is 4. The lowest BCUT2D eigenvalue weighted by Gasteiger charge is -2.50. The molecule has 0 aromatic heterocycles. The minimum atomic E-state index is -5.81. The summed E-state index contributed by atoms with van der Waals surface area (Å²) >= 11 is 0. The van der Waals surface area contributed by atoms with Crippen molar-refractivity contribution in [3.05, 3.63) is 0 Å². The van der Waals surface area contributed by atoms with Gasteiger partial charge < -0.3 is 88.7 Å². The molecule has 2 heterocycles. The third-order valence-corrected chi connectivity index (χ3v) is 25.0. The monoisotopic (exact) mass is 1710 g/mol. The topological polar surface area (TPSA) is 380 Å². The highest BCUT2D eigenvalue weighted by Crippen LogP contribution is 2.49. The Morgan fingerprint density at radius 1 is 0.331 bits per heavy atom. The smallest absolute Gasteiger partial charge is 0.463 e. The number of hydrogen-bond donors (Lipinski definition) is 10. The van der Waals surface area contributed by atoms with Gasteiger partial charge in [-0.2, -0.15) is 0 Å². The molecule has 1 aliphatic carbocycles. The lowest BCUT2D eigenvalue weighted by atomic mass is 9.84. The second-order valence-corrected chi connectivity index (χ2v) is 36.3. The summed E-state index contributed by atoms with van der Waals surface area (Å²) in [6, 6.07) is 0. The van der Waals surface area contributed by atoms with Crippen molar-refractivity contribution in [2.75, 3.05) is 26.4 Å². The van der Waals surface area contributed by atoms with E-state index in [-0.39, 0.29) is 25.7 Å². The van der Waals surface area contributed by atoms with E-state index in [0.717, 1.165) is 128 Å². The van der Waals surface area contributed by atoms with E-state index in [2.05, 4.69) is 34.6 Å². The van der Waals surface area contributed by atoms with Crippen molar-refractivity contribution >= 4 is 31.7 Å². The maximum atomic E-state index is 14.9. The van der Waals surface area contributed by atoms with Crippen molar-refractivity contribution in [1.82, 2.24) is 0 Å². The molecule has 19 unspecified atom stereocenters. The molecule has 0 aromatic carbocycles. The second-order valence-electron chi connectivity index (χ2n) is 34.9. The number of carbonyl (C=O) groups excluding carboxylic acids is 4. The molecular formula is C92H173O25P. The van der Waals surface area contributed by atoms with E-state index >= 15 is 0 Å². The summed E-state index contributed by atoms with van der Waals surface area (Å²) in [5.74, 6) is -2.27. The molecule has 1 saturated carbocycles. The summed E-state index contributed by atoms with van der Waals surface area (Å²) in [6.45, 7) is 7.96. The second kappa shape index (κ2) is 70.6. The average Bonchev–Trinajstić information content (AvgIpc) is 0.754. The molecule has 2 aliphatic heterocycles. The highest BCUT2D eigenvalue weighted by Gasteiger charge is 2.60. The van der Waals surface area contributed by atoms with Crippen LogP contribution in [0, 0.1) is 5.92 Å². The first kappa shape index (κ1) is 110. The first-order valence-corrected chi connectivity index (χ1v) is 49.7. The molecule has 0 amide bonds. The van der Waals surface area contributed by atoms with E-state index in [9.17, 15) is 74.6 Å². The van der Waals surface area contributed by atoms with Gasteiger partial charge in [0.05, 0.1) is 13.2 Å². The van der Waals surface area contributed by atoms with E-state index < -0.39 is 162 Å². The fourth-order valence-corrected chi connectivity index (χ4v) is 17.2. The van der Waals surface area contributed by atoms with Gasteiger partial charge in [-0.1, -0.05) is 375 Å². The molecule has 118 heavy (non-hydrogen) atoms.